The van der Waals surface area contributed by atoms with Gasteiger partial charge in [-0.25, -0.2) is 4.98 Å². The number of nitrogens with one attached hydrogen (secondary N) is 1. The SMILES string of the molecule is C/C(=N\Nc1cnccn1)c1ccccc1C(F)(F)F. The molecule has 0 radical (unpaired) electrons. The molecule has 2 rings (SSSR count). The highest BCUT2D eigenvalue weighted by molar-refractivity contribution is 6.00. The van der Waals surface area contributed by atoms with E-state index in [4.69, 9.17) is 0 Å². The van der Waals surface area contributed by atoms with Gasteiger partial charge in [0.1, 0.15) is 0 Å². The zero-order valence-corrected chi connectivity index (χ0v) is 10.5. The second-order valence-electron chi connectivity index (χ2n) is 3.94. The van der Waals surface area contributed by atoms with Gasteiger partial charge in [0.05, 0.1) is 17.5 Å². The van der Waals surface area contributed by atoms with Crippen LogP contribution in [0.25, 0.3) is 0 Å². The standard InChI is InChI=1S/C13H11F3N4/c1-9(19-20-12-8-17-6-7-18-12)10-4-2-3-5-11(10)13(14,15)16/h2-8H,1H3,(H,18,20)/b19-9+. The Morgan fingerprint density at radius 1 is 1.20 bits per heavy atom. The number of hydrogen-bond acceptors (Lipinski definition) is 4. The number of aromatic nitrogens is 2. The van der Waals surface area contributed by atoms with Gasteiger partial charge in [0, 0.05) is 18.0 Å². The molecule has 0 bridgehead atoms. The van der Waals surface area contributed by atoms with Crippen molar-refractivity contribution in [2.75, 3.05) is 5.43 Å². The van der Waals surface area contributed by atoms with E-state index < -0.39 is 11.7 Å². The highest BCUT2D eigenvalue weighted by Gasteiger charge is 2.33. The molecule has 0 saturated heterocycles. The summed E-state index contributed by atoms with van der Waals surface area (Å²) in [6.45, 7) is 1.49. The van der Waals surface area contributed by atoms with Crippen LogP contribution >= 0.6 is 0 Å². The van der Waals surface area contributed by atoms with Gasteiger partial charge in [0.2, 0.25) is 0 Å². The van der Waals surface area contributed by atoms with E-state index in [1.165, 1.54) is 43.7 Å². The van der Waals surface area contributed by atoms with Gasteiger partial charge in [-0.3, -0.25) is 10.4 Å². The number of alkyl halides is 3. The molecule has 0 aliphatic heterocycles. The molecule has 0 saturated carbocycles. The van der Waals surface area contributed by atoms with Crippen LogP contribution in [0.2, 0.25) is 0 Å². The maximum absolute atomic E-state index is 12.9. The largest absolute Gasteiger partial charge is 0.417 e. The smallest absolute Gasteiger partial charge is 0.260 e. The number of rotatable bonds is 3. The third kappa shape index (κ3) is 3.31. The minimum absolute atomic E-state index is 0.0244. The lowest BCUT2D eigenvalue weighted by molar-refractivity contribution is -0.137. The molecular weight excluding hydrogens is 269 g/mol. The van der Waals surface area contributed by atoms with Gasteiger partial charge in [0.15, 0.2) is 5.82 Å². The maximum atomic E-state index is 12.9. The van der Waals surface area contributed by atoms with Crippen molar-refractivity contribution in [1.29, 1.82) is 0 Å². The van der Waals surface area contributed by atoms with Crippen LogP contribution in [0.3, 0.4) is 0 Å². The third-order valence-electron chi connectivity index (χ3n) is 2.52. The third-order valence-corrected chi connectivity index (χ3v) is 2.52. The number of anilines is 1. The summed E-state index contributed by atoms with van der Waals surface area (Å²) in [6.07, 6.45) is -0.0517. The molecule has 2 aromatic rings. The first kappa shape index (κ1) is 14.0. The quantitative estimate of drug-likeness (QED) is 0.693. The van der Waals surface area contributed by atoms with Crippen molar-refractivity contribution in [3.8, 4) is 0 Å². The molecule has 0 fully saturated rings. The van der Waals surface area contributed by atoms with E-state index in [-0.39, 0.29) is 11.3 Å². The predicted octanol–water partition coefficient (Wildman–Crippen LogP) is 3.33. The van der Waals surface area contributed by atoms with Crippen LogP contribution in [-0.4, -0.2) is 15.7 Å². The van der Waals surface area contributed by atoms with Gasteiger partial charge in [-0.1, -0.05) is 18.2 Å². The van der Waals surface area contributed by atoms with Crippen LogP contribution in [0.1, 0.15) is 18.1 Å². The first-order valence-corrected chi connectivity index (χ1v) is 5.71. The van der Waals surface area contributed by atoms with Crippen molar-refractivity contribution >= 4 is 11.5 Å². The Bertz CT molecular complexity index is 609. The monoisotopic (exact) mass is 280 g/mol. The highest BCUT2D eigenvalue weighted by atomic mass is 19.4. The summed E-state index contributed by atoms with van der Waals surface area (Å²) in [5, 5.41) is 3.90. The highest BCUT2D eigenvalue weighted by Crippen LogP contribution is 2.32. The van der Waals surface area contributed by atoms with Crippen LogP contribution in [0.15, 0.2) is 48.0 Å². The van der Waals surface area contributed by atoms with Crippen LogP contribution in [0.4, 0.5) is 19.0 Å². The molecule has 0 spiro atoms. The molecule has 104 valence electrons. The van der Waals surface area contributed by atoms with Crippen molar-refractivity contribution in [1.82, 2.24) is 9.97 Å². The molecule has 0 aliphatic carbocycles. The van der Waals surface area contributed by atoms with Crippen LogP contribution in [-0.2, 0) is 6.18 Å². The number of benzene rings is 1. The summed E-state index contributed by atoms with van der Waals surface area (Å²) in [5.74, 6) is 0.358. The molecule has 0 unspecified atom stereocenters. The zero-order chi connectivity index (χ0) is 14.6. The van der Waals surface area contributed by atoms with Crippen molar-refractivity contribution in [2.45, 2.75) is 13.1 Å². The Kier molecular flexibility index (Phi) is 3.97. The molecule has 0 aliphatic rings. The fourth-order valence-electron chi connectivity index (χ4n) is 1.60. The second kappa shape index (κ2) is 5.68. The lowest BCUT2D eigenvalue weighted by Gasteiger charge is -2.12. The summed E-state index contributed by atoms with van der Waals surface area (Å²) >= 11 is 0. The number of nitrogens with zero attached hydrogens (tertiary/aromatic N) is 3. The van der Waals surface area contributed by atoms with Gasteiger partial charge < -0.3 is 0 Å². The van der Waals surface area contributed by atoms with Crippen LogP contribution < -0.4 is 5.43 Å². The molecule has 4 nitrogen and oxygen atoms in total. The fourth-order valence-corrected chi connectivity index (χ4v) is 1.60. The van der Waals surface area contributed by atoms with Gasteiger partial charge in [-0.05, 0) is 13.0 Å². The lowest BCUT2D eigenvalue weighted by Crippen LogP contribution is -2.12. The van der Waals surface area contributed by atoms with Crippen LogP contribution in [0.5, 0.6) is 0 Å². The van der Waals surface area contributed by atoms with Gasteiger partial charge in [-0.2, -0.15) is 18.3 Å². The molecule has 20 heavy (non-hydrogen) atoms. The fraction of sp³-hybridized carbons (Fsp3) is 0.154. The molecule has 1 N–H and O–H groups in total. The summed E-state index contributed by atoms with van der Waals surface area (Å²) in [7, 11) is 0. The van der Waals surface area contributed by atoms with E-state index in [1.54, 1.807) is 0 Å². The van der Waals surface area contributed by atoms with E-state index in [0.29, 0.717) is 5.82 Å². The van der Waals surface area contributed by atoms with E-state index >= 15 is 0 Å². The maximum Gasteiger partial charge on any atom is 0.417 e. The molecule has 7 heteroatoms. The van der Waals surface area contributed by atoms with E-state index in [0.717, 1.165) is 6.07 Å². The number of hydrogen-bond donors (Lipinski definition) is 1. The van der Waals surface area contributed by atoms with Crippen molar-refractivity contribution in [2.24, 2.45) is 5.10 Å². The van der Waals surface area contributed by atoms with E-state index in [2.05, 4.69) is 20.5 Å². The minimum atomic E-state index is -4.42. The number of halogens is 3. The molecule has 1 heterocycles. The zero-order valence-electron chi connectivity index (χ0n) is 10.5. The van der Waals surface area contributed by atoms with Crippen molar-refractivity contribution < 1.29 is 13.2 Å². The Labute approximate surface area is 113 Å². The Hall–Kier alpha value is -2.44. The Morgan fingerprint density at radius 3 is 2.60 bits per heavy atom. The summed E-state index contributed by atoms with van der Waals surface area (Å²) in [5.41, 5.74) is 2.08. The average Bonchev–Trinajstić information content (AvgIpc) is 2.45. The predicted molar refractivity (Wildman–Crippen MR) is 69.3 cm³/mol. The van der Waals surface area contributed by atoms with Crippen molar-refractivity contribution in [3.05, 3.63) is 54.0 Å². The van der Waals surface area contributed by atoms with Gasteiger partial charge in [-0.15, -0.1) is 0 Å². The van der Waals surface area contributed by atoms with Crippen LogP contribution in [0, 0.1) is 0 Å². The summed E-state index contributed by atoms with van der Waals surface area (Å²) < 4.78 is 38.6. The molecule has 1 aromatic heterocycles. The van der Waals surface area contributed by atoms with E-state index in [1.807, 2.05) is 0 Å². The topological polar surface area (TPSA) is 50.2 Å². The molecule has 0 amide bonds. The second-order valence-corrected chi connectivity index (χ2v) is 3.94. The molecule has 0 atom stereocenters. The lowest BCUT2D eigenvalue weighted by atomic mass is 10.0. The number of hydrazone groups is 1. The van der Waals surface area contributed by atoms with Crippen molar-refractivity contribution in [3.63, 3.8) is 0 Å². The normalized spacial score (nSPS) is 12.3. The Balaban J connectivity index is 2.27. The van der Waals surface area contributed by atoms with Gasteiger partial charge >= 0.3 is 6.18 Å². The van der Waals surface area contributed by atoms with Gasteiger partial charge in [0.25, 0.3) is 0 Å². The summed E-state index contributed by atoms with van der Waals surface area (Å²) in [4.78, 5) is 7.73. The molecule has 1 aromatic carbocycles. The first-order chi connectivity index (χ1) is 9.48. The average molecular weight is 280 g/mol. The van der Waals surface area contributed by atoms with E-state index in [9.17, 15) is 13.2 Å². The molecular formula is C13H11F3N4. The Morgan fingerprint density at radius 2 is 1.95 bits per heavy atom. The summed E-state index contributed by atoms with van der Waals surface area (Å²) in [6, 6.07) is 5.28. The minimum Gasteiger partial charge on any atom is -0.260 e. The first-order valence-electron chi connectivity index (χ1n) is 5.71.